The van der Waals surface area contributed by atoms with E-state index in [4.69, 9.17) is 23.8 Å². The molecule has 0 unspecified atom stereocenters. The molecule has 0 aliphatic carbocycles. The quantitative estimate of drug-likeness (QED) is 0.167. The highest BCUT2D eigenvalue weighted by Gasteiger charge is 2.22. The summed E-state index contributed by atoms with van der Waals surface area (Å²) in [6.07, 6.45) is 0. The van der Waals surface area contributed by atoms with Crippen LogP contribution in [-0.2, 0) is 0 Å². The number of hydrogen-bond acceptors (Lipinski definition) is 5. The Hall–Kier alpha value is -8.67. The van der Waals surface area contributed by atoms with Crippen LogP contribution in [0.2, 0.25) is 0 Å². The largest absolute Gasteiger partial charge is 0.455 e. The van der Waals surface area contributed by atoms with E-state index in [1.165, 1.54) is 0 Å². The van der Waals surface area contributed by atoms with Crippen LogP contribution in [0.15, 0.2) is 221 Å². The van der Waals surface area contributed by atoms with Gasteiger partial charge in [0.2, 0.25) is 0 Å². The summed E-state index contributed by atoms with van der Waals surface area (Å²) in [7, 11) is 0. The molecule has 9 aromatic carbocycles. The molecule has 0 fully saturated rings. The van der Waals surface area contributed by atoms with Crippen LogP contribution in [0.25, 0.3) is 133 Å². The van der Waals surface area contributed by atoms with Crippen molar-refractivity contribution >= 4 is 65.6 Å². The van der Waals surface area contributed by atoms with Crippen LogP contribution in [-0.4, -0.2) is 15.0 Å². The first-order valence-corrected chi connectivity index (χ1v) is 21.5. The molecule has 0 N–H and O–H groups in total. The summed E-state index contributed by atoms with van der Waals surface area (Å²) in [4.78, 5) is 15.9. The number of nitrogens with zero attached hydrogens (tertiary/aromatic N) is 3. The van der Waals surface area contributed by atoms with E-state index in [0.717, 1.165) is 127 Å². The Morgan fingerprint density at radius 3 is 1.72 bits per heavy atom. The topological polar surface area (TPSA) is 65.0 Å². The molecule has 298 valence electrons. The fraction of sp³-hybridized carbons (Fsp3) is 0. The molecule has 0 aliphatic rings. The van der Waals surface area contributed by atoms with Gasteiger partial charge < -0.3 is 8.83 Å². The Morgan fingerprint density at radius 2 is 0.875 bits per heavy atom. The molecule has 13 aromatic rings. The van der Waals surface area contributed by atoms with Crippen molar-refractivity contribution in [3.8, 4) is 67.4 Å². The van der Waals surface area contributed by atoms with Crippen LogP contribution in [0.3, 0.4) is 0 Å². The molecule has 0 bridgehead atoms. The van der Waals surface area contributed by atoms with E-state index >= 15 is 0 Å². The van der Waals surface area contributed by atoms with Gasteiger partial charge in [0.25, 0.3) is 0 Å². The van der Waals surface area contributed by atoms with Gasteiger partial charge in [-0.2, -0.15) is 0 Å². The maximum Gasteiger partial charge on any atom is 0.162 e. The van der Waals surface area contributed by atoms with E-state index in [2.05, 4.69) is 170 Å². The molecule has 0 saturated carbocycles. The van der Waals surface area contributed by atoms with Crippen molar-refractivity contribution < 1.29 is 8.83 Å². The van der Waals surface area contributed by atoms with Gasteiger partial charge in [0.05, 0.1) is 16.9 Å². The molecule has 0 aliphatic heterocycles. The zero-order valence-corrected chi connectivity index (χ0v) is 34.4. The Morgan fingerprint density at radius 1 is 0.312 bits per heavy atom. The number of fused-ring (bicyclic) bond motifs is 9. The third kappa shape index (κ3) is 5.83. The Bertz CT molecular complexity index is 3950. The summed E-state index contributed by atoms with van der Waals surface area (Å²) < 4.78 is 13.2. The summed E-state index contributed by atoms with van der Waals surface area (Å²) >= 11 is 0. The molecule has 0 atom stereocenters. The zero-order chi connectivity index (χ0) is 42.1. The van der Waals surface area contributed by atoms with Gasteiger partial charge in [0.15, 0.2) is 11.4 Å². The maximum atomic E-state index is 6.77. The van der Waals surface area contributed by atoms with E-state index in [9.17, 15) is 0 Å². The van der Waals surface area contributed by atoms with Gasteiger partial charge >= 0.3 is 0 Å². The Kier molecular flexibility index (Phi) is 8.15. The third-order valence-corrected chi connectivity index (χ3v) is 12.5. The van der Waals surface area contributed by atoms with Crippen molar-refractivity contribution in [3.63, 3.8) is 0 Å². The van der Waals surface area contributed by atoms with Crippen LogP contribution in [0.1, 0.15) is 0 Å². The summed E-state index contributed by atoms with van der Waals surface area (Å²) in [5.41, 5.74) is 15.0. The fourth-order valence-corrected chi connectivity index (χ4v) is 9.48. The van der Waals surface area contributed by atoms with Crippen LogP contribution in [0.4, 0.5) is 0 Å². The molecule has 4 aromatic heterocycles. The smallest absolute Gasteiger partial charge is 0.162 e. The first kappa shape index (κ1) is 36.0. The summed E-state index contributed by atoms with van der Waals surface area (Å²) in [6, 6.07) is 73.6. The zero-order valence-electron chi connectivity index (χ0n) is 34.4. The lowest BCUT2D eigenvalue weighted by Gasteiger charge is -2.13. The SMILES string of the molecule is c1ccc(-c2cc(-c3ccc(-c4cccc5c4oc4ccccc45)cc3)nc(-c3cccc(-c4cccc5nc(-c6cccc7ccccc67)c6oc7ccccc7c6c45)c3)n2)cc1. The predicted molar refractivity (Wildman–Crippen MR) is 262 cm³/mol. The first-order valence-electron chi connectivity index (χ1n) is 21.5. The molecular weight excluding hydrogens is 783 g/mol. The van der Waals surface area contributed by atoms with Crippen LogP contribution >= 0.6 is 0 Å². The minimum atomic E-state index is 0.643. The lowest BCUT2D eigenvalue weighted by Crippen LogP contribution is -1.96. The molecule has 0 radical (unpaired) electrons. The van der Waals surface area contributed by atoms with Crippen LogP contribution in [0.5, 0.6) is 0 Å². The standard InChI is InChI=1S/C59H35N3O2/c1-2-15-38(16-3-1)50-35-51(39-32-30-37(31-33-39)44-24-12-26-47-45-21-6-8-28-52(45)63-57(44)47)62-59(61-50)41-19-10-18-40(34-41)43-23-13-27-49-54(43)55-48-22-7-9-29-53(48)64-58(55)56(60-49)46-25-11-17-36-14-4-5-20-42(36)46/h1-35H. The first-order chi connectivity index (χ1) is 31.7. The average molecular weight is 818 g/mol. The van der Waals surface area contributed by atoms with Crippen LogP contribution < -0.4 is 0 Å². The van der Waals surface area contributed by atoms with Gasteiger partial charge in [-0.05, 0) is 57.8 Å². The fourth-order valence-electron chi connectivity index (χ4n) is 9.48. The van der Waals surface area contributed by atoms with E-state index in [1.54, 1.807) is 0 Å². The molecule has 5 heteroatoms. The molecule has 0 saturated heterocycles. The molecule has 64 heavy (non-hydrogen) atoms. The number of rotatable bonds is 6. The number of hydrogen-bond donors (Lipinski definition) is 0. The van der Waals surface area contributed by atoms with Gasteiger partial charge in [-0.25, -0.2) is 15.0 Å². The van der Waals surface area contributed by atoms with E-state index in [-0.39, 0.29) is 0 Å². The van der Waals surface area contributed by atoms with Crippen LogP contribution in [0, 0.1) is 0 Å². The lowest BCUT2D eigenvalue weighted by atomic mass is 9.93. The second-order valence-electron chi connectivity index (χ2n) is 16.3. The van der Waals surface area contributed by atoms with Crippen molar-refractivity contribution in [2.24, 2.45) is 0 Å². The minimum absolute atomic E-state index is 0.643. The van der Waals surface area contributed by atoms with Crippen molar-refractivity contribution in [3.05, 3.63) is 212 Å². The lowest BCUT2D eigenvalue weighted by molar-refractivity contribution is 0.668. The number of aromatic nitrogens is 3. The number of furan rings is 2. The summed E-state index contributed by atoms with van der Waals surface area (Å²) in [6.45, 7) is 0. The highest BCUT2D eigenvalue weighted by Crippen LogP contribution is 2.44. The Labute approximate surface area is 367 Å². The monoisotopic (exact) mass is 817 g/mol. The number of pyridine rings is 1. The van der Waals surface area contributed by atoms with Crippen molar-refractivity contribution in [1.29, 1.82) is 0 Å². The van der Waals surface area contributed by atoms with Gasteiger partial charge in [-0.1, -0.05) is 182 Å². The van der Waals surface area contributed by atoms with E-state index in [1.807, 2.05) is 42.5 Å². The second kappa shape index (κ2) is 14.5. The second-order valence-corrected chi connectivity index (χ2v) is 16.3. The van der Waals surface area contributed by atoms with Crippen molar-refractivity contribution in [2.75, 3.05) is 0 Å². The van der Waals surface area contributed by atoms with Crippen molar-refractivity contribution in [1.82, 2.24) is 15.0 Å². The normalized spacial score (nSPS) is 11.8. The van der Waals surface area contributed by atoms with Gasteiger partial charge in [-0.15, -0.1) is 0 Å². The third-order valence-electron chi connectivity index (χ3n) is 12.5. The van der Waals surface area contributed by atoms with Gasteiger partial charge in [-0.3, -0.25) is 0 Å². The molecule has 0 amide bonds. The number of para-hydroxylation sites is 3. The van der Waals surface area contributed by atoms with Gasteiger partial charge in [0, 0.05) is 54.7 Å². The molecule has 0 spiro atoms. The maximum absolute atomic E-state index is 6.77. The van der Waals surface area contributed by atoms with Crippen molar-refractivity contribution in [2.45, 2.75) is 0 Å². The predicted octanol–water partition coefficient (Wildman–Crippen LogP) is 16.0. The summed E-state index contributed by atoms with van der Waals surface area (Å²) in [5, 5.41) is 7.67. The molecule has 5 nitrogen and oxygen atoms in total. The van der Waals surface area contributed by atoms with E-state index in [0.29, 0.717) is 5.82 Å². The Balaban J connectivity index is 0.955. The highest BCUT2D eigenvalue weighted by atomic mass is 16.3. The molecular formula is C59H35N3O2. The highest BCUT2D eigenvalue weighted by molar-refractivity contribution is 6.25. The average Bonchev–Trinajstić information content (AvgIpc) is 3.95. The molecule has 13 rings (SSSR count). The molecule has 4 heterocycles. The van der Waals surface area contributed by atoms with E-state index < -0.39 is 0 Å². The van der Waals surface area contributed by atoms with Gasteiger partial charge in [0.1, 0.15) is 22.4 Å². The summed E-state index contributed by atoms with van der Waals surface area (Å²) in [5.74, 6) is 0.643. The number of benzene rings is 9. The minimum Gasteiger partial charge on any atom is -0.455 e.